The lowest BCUT2D eigenvalue weighted by molar-refractivity contribution is 0.392. The van der Waals surface area contributed by atoms with E-state index in [1.165, 1.54) is 36.3 Å². The summed E-state index contributed by atoms with van der Waals surface area (Å²) in [4.78, 5) is 1.37. The summed E-state index contributed by atoms with van der Waals surface area (Å²) in [5, 5.41) is 7.76. The van der Waals surface area contributed by atoms with Crippen molar-refractivity contribution in [3.05, 3.63) is 10.6 Å². The molecule has 1 aliphatic rings. The Morgan fingerprint density at radius 2 is 2.00 bits per heavy atom. The van der Waals surface area contributed by atoms with Crippen molar-refractivity contribution in [2.75, 3.05) is 7.05 Å². The Balaban J connectivity index is 2.21. The second-order valence-corrected chi connectivity index (χ2v) is 5.77. The molecule has 1 aromatic rings. The molecule has 4 heteroatoms. The van der Waals surface area contributed by atoms with E-state index in [0.29, 0.717) is 12.0 Å². The summed E-state index contributed by atoms with van der Waals surface area (Å²) in [6.07, 6.45) is 5.46. The van der Waals surface area contributed by atoms with Crippen molar-refractivity contribution in [3.63, 3.8) is 0 Å². The number of aromatic nitrogens is 2. The van der Waals surface area contributed by atoms with Gasteiger partial charge in [-0.2, -0.15) is 0 Å². The van der Waals surface area contributed by atoms with Gasteiger partial charge in [-0.1, -0.05) is 31.2 Å². The van der Waals surface area contributed by atoms with Crippen molar-refractivity contribution in [1.29, 1.82) is 0 Å². The number of hydrogen-bond donors (Lipinski definition) is 1. The fourth-order valence-electron chi connectivity index (χ4n) is 2.69. The average molecular weight is 239 g/mol. The molecule has 0 bridgehead atoms. The fraction of sp³-hybridized carbons (Fsp3) is 0.833. The SMILES string of the molecule is CNC(c1snnc1C(C)C)C1CCCC1. The van der Waals surface area contributed by atoms with Crippen molar-refractivity contribution >= 4 is 11.5 Å². The molecule has 2 rings (SSSR count). The monoisotopic (exact) mass is 239 g/mol. The molecule has 0 amide bonds. The Bertz CT molecular complexity index is 329. The summed E-state index contributed by atoms with van der Waals surface area (Å²) in [6.45, 7) is 4.39. The minimum absolute atomic E-state index is 0.472. The largest absolute Gasteiger partial charge is 0.312 e. The zero-order chi connectivity index (χ0) is 11.5. The average Bonchev–Trinajstić information content (AvgIpc) is 2.88. The second kappa shape index (κ2) is 5.23. The van der Waals surface area contributed by atoms with Gasteiger partial charge < -0.3 is 5.32 Å². The molecule has 1 N–H and O–H groups in total. The molecule has 90 valence electrons. The molecular weight excluding hydrogens is 218 g/mol. The van der Waals surface area contributed by atoms with Gasteiger partial charge in [0.2, 0.25) is 0 Å². The molecule has 1 aliphatic carbocycles. The van der Waals surface area contributed by atoms with Crippen LogP contribution >= 0.6 is 11.5 Å². The maximum Gasteiger partial charge on any atom is 0.0829 e. The van der Waals surface area contributed by atoms with Crippen molar-refractivity contribution in [2.24, 2.45) is 5.92 Å². The molecule has 1 unspecified atom stereocenters. The highest BCUT2D eigenvalue weighted by Gasteiger charge is 2.29. The summed E-state index contributed by atoms with van der Waals surface area (Å²) in [5.74, 6) is 1.26. The molecule has 0 spiro atoms. The second-order valence-electron chi connectivity index (χ2n) is 4.99. The fourth-order valence-corrected chi connectivity index (χ4v) is 3.70. The molecule has 1 saturated carbocycles. The Kier molecular flexibility index (Phi) is 3.92. The molecule has 0 radical (unpaired) electrons. The highest BCUT2D eigenvalue weighted by atomic mass is 32.1. The number of rotatable bonds is 4. The molecule has 3 nitrogen and oxygen atoms in total. The lowest BCUT2D eigenvalue weighted by Crippen LogP contribution is -2.24. The van der Waals surface area contributed by atoms with Crippen molar-refractivity contribution < 1.29 is 0 Å². The summed E-state index contributed by atoms with van der Waals surface area (Å²) >= 11 is 1.57. The zero-order valence-corrected chi connectivity index (χ0v) is 11.2. The van der Waals surface area contributed by atoms with Crippen LogP contribution in [0.25, 0.3) is 0 Å². The predicted molar refractivity (Wildman–Crippen MR) is 67.8 cm³/mol. The molecule has 1 atom stereocenters. The molecule has 1 heterocycles. The summed E-state index contributed by atoms with van der Waals surface area (Å²) in [5.41, 5.74) is 1.19. The summed E-state index contributed by atoms with van der Waals surface area (Å²) in [6, 6.07) is 0.472. The maximum atomic E-state index is 4.28. The topological polar surface area (TPSA) is 37.8 Å². The molecule has 0 saturated heterocycles. The van der Waals surface area contributed by atoms with Gasteiger partial charge in [-0.15, -0.1) is 5.10 Å². The van der Waals surface area contributed by atoms with Crippen LogP contribution in [0.3, 0.4) is 0 Å². The molecule has 0 aliphatic heterocycles. The van der Waals surface area contributed by atoms with Gasteiger partial charge in [0.1, 0.15) is 0 Å². The van der Waals surface area contributed by atoms with Crippen LogP contribution in [0.2, 0.25) is 0 Å². The third-order valence-electron chi connectivity index (χ3n) is 3.55. The smallest absolute Gasteiger partial charge is 0.0829 e. The highest BCUT2D eigenvalue weighted by molar-refractivity contribution is 7.05. The predicted octanol–water partition coefficient (Wildman–Crippen LogP) is 3.11. The van der Waals surface area contributed by atoms with E-state index in [-0.39, 0.29) is 0 Å². The van der Waals surface area contributed by atoms with E-state index in [0.717, 1.165) is 5.92 Å². The molecule has 1 aromatic heterocycles. The third-order valence-corrected chi connectivity index (χ3v) is 4.37. The first-order valence-electron chi connectivity index (χ1n) is 6.23. The van der Waals surface area contributed by atoms with E-state index in [9.17, 15) is 0 Å². The summed E-state index contributed by atoms with van der Waals surface area (Å²) < 4.78 is 4.14. The van der Waals surface area contributed by atoms with Crippen molar-refractivity contribution in [2.45, 2.75) is 51.5 Å². The zero-order valence-electron chi connectivity index (χ0n) is 10.4. The normalized spacial score (nSPS) is 19.5. The molecular formula is C12H21N3S. The quantitative estimate of drug-likeness (QED) is 0.877. The van der Waals surface area contributed by atoms with E-state index >= 15 is 0 Å². The maximum absolute atomic E-state index is 4.28. The summed E-state index contributed by atoms with van der Waals surface area (Å²) in [7, 11) is 2.06. The number of nitrogens with zero attached hydrogens (tertiary/aromatic N) is 2. The molecule has 16 heavy (non-hydrogen) atoms. The Hall–Kier alpha value is -0.480. The van der Waals surface area contributed by atoms with E-state index in [1.807, 2.05) is 0 Å². The van der Waals surface area contributed by atoms with Gasteiger partial charge in [-0.25, -0.2) is 0 Å². The van der Waals surface area contributed by atoms with Crippen LogP contribution < -0.4 is 5.32 Å². The lowest BCUT2D eigenvalue weighted by atomic mass is 9.94. The van der Waals surface area contributed by atoms with E-state index in [2.05, 4.69) is 35.8 Å². The van der Waals surface area contributed by atoms with Crippen molar-refractivity contribution in [1.82, 2.24) is 14.9 Å². The third kappa shape index (κ3) is 2.28. The van der Waals surface area contributed by atoms with Crippen LogP contribution in [0.4, 0.5) is 0 Å². The van der Waals surface area contributed by atoms with Gasteiger partial charge in [0.05, 0.1) is 10.6 Å². The van der Waals surface area contributed by atoms with Gasteiger partial charge >= 0.3 is 0 Å². The number of nitrogens with one attached hydrogen (secondary N) is 1. The van der Waals surface area contributed by atoms with Crippen LogP contribution in [0.15, 0.2) is 0 Å². The van der Waals surface area contributed by atoms with Gasteiger partial charge in [0.25, 0.3) is 0 Å². The van der Waals surface area contributed by atoms with Crippen LogP contribution in [0.1, 0.15) is 62.1 Å². The minimum atomic E-state index is 0.472. The van der Waals surface area contributed by atoms with E-state index in [4.69, 9.17) is 0 Å². The standard InChI is InChI=1S/C12H21N3S/c1-8(2)10-12(16-15-14-10)11(13-3)9-6-4-5-7-9/h8-9,11,13H,4-7H2,1-3H3. The lowest BCUT2D eigenvalue weighted by Gasteiger charge is -2.22. The van der Waals surface area contributed by atoms with Crippen LogP contribution in [0, 0.1) is 5.92 Å². The first kappa shape index (κ1) is 12.0. The first-order chi connectivity index (χ1) is 7.74. The van der Waals surface area contributed by atoms with Gasteiger partial charge in [0.15, 0.2) is 0 Å². The molecule has 1 fully saturated rings. The van der Waals surface area contributed by atoms with Gasteiger partial charge in [0, 0.05) is 6.04 Å². The van der Waals surface area contributed by atoms with Crippen LogP contribution in [-0.4, -0.2) is 16.6 Å². The Morgan fingerprint density at radius 1 is 1.31 bits per heavy atom. The van der Waals surface area contributed by atoms with Crippen LogP contribution in [0.5, 0.6) is 0 Å². The van der Waals surface area contributed by atoms with Crippen LogP contribution in [-0.2, 0) is 0 Å². The van der Waals surface area contributed by atoms with E-state index < -0.39 is 0 Å². The Labute approximate surface area is 102 Å². The number of hydrogen-bond acceptors (Lipinski definition) is 4. The minimum Gasteiger partial charge on any atom is -0.312 e. The van der Waals surface area contributed by atoms with E-state index in [1.54, 1.807) is 11.5 Å². The first-order valence-corrected chi connectivity index (χ1v) is 7.00. The van der Waals surface area contributed by atoms with Crippen molar-refractivity contribution in [3.8, 4) is 0 Å². The van der Waals surface area contributed by atoms with Gasteiger partial charge in [-0.05, 0) is 43.3 Å². The highest BCUT2D eigenvalue weighted by Crippen LogP contribution is 2.38. The van der Waals surface area contributed by atoms with Gasteiger partial charge in [-0.3, -0.25) is 0 Å². The molecule has 0 aromatic carbocycles. The Morgan fingerprint density at radius 3 is 2.56 bits per heavy atom.